The summed E-state index contributed by atoms with van der Waals surface area (Å²) < 4.78 is 41.2. The molecule has 0 aromatic heterocycles. The molecular formula is C55H85NO15. The molecule has 5 rings (SSSR count). The summed E-state index contributed by atoms with van der Waals surface area (Å²) in [6, 6.07) is -1.16. The number of hydrogen-bond acceptors (Lipinski definition) is 15. The van der Waals surface area contributed by atoms with E-state index in [1.54, 1.807) is 34.0 Å². The molecule has 4 aliphatic heterocycles. The first-order valence-corrected chi connectivity index (χ1v) is 26.2. The molecule has 2 bridgehead atoms. The average Bonchev–Trinajstić information content (AvgIpc) is 3.33. The van der Waals surface area contributed by atoms with E-state index in [9.17, 15) is 39.3 Å². The zero-order chi connectivity index (χ0) is 52.0. The van der Waals surface area contributed by atoms with Gasteiger partial charge in [-0.15, -0.1) is 0 Å². The van der Waals surface area contributed by atoms with E-state index < -0.39 is 83.9 Å². The maximum Gasteiger partial charge on any atom is 0.329 e. The molecular weight excluding hydrogens is 915 g/mol. The number of aliphatic hydroxyl groups is 3. The maximum atomic E-state index is 14.5. The maximum absolute atomic E-state index is 14.5. The smallest absolute Gasteiger partial charge is 0.329 e. The van der Waals surface area contributed by atoms with Crippen molar-refractivity contribution in [1.82, 2.24) is 4.90 Å². The molecule has 5 aliphatic rings. The largest absolute Gasteiger partial charge is 0.460 e. The normalized spacial score (nSPS) is 36.9. The van der Waals surface area contributed by atoms with Crippen LogP contribution in [0.5, 0.6) is 0 Å². The SMILES string of the molecule is CO[C@@H]1C[C@H](C[C@@H](C)[C@@H]2CC(=O)[C@H](C)C=C(C)[C@@H](O)[C@@H](OC)C(=O)[C@H](C)C[C@H](C)C=CC=CC=C(C)[C@H](OCCOC3COC3)C[C@@H]3CC[C@@H](C)[C@@](O)(O3)C(=O)C(=O)N3CCCC[C@H]3C(=O)O2)CC[C@H]1O. The quantitative estimate of drug-likeness (QED) is 0.0996. The van der Waals surface area contributed by atoms with Crippen molar-refractivity contribution in [2.75, 3.05) is 47.2 Å². The van der Waals surface area contributed by atoms with Crippen molar-refractivity contribution >= 4 is 29.2 Å². The van der Waals surface area contributed by atoms with E-state index in [1.807, 2.05) is 58.1 Å². The van der Waals surface area contributed by atoms with Crippen LogP contribution in [-0.4, -0.2) is 157 Å². The summed E-state index contributed by atoms with van der Waals surface area (Å²) in [7, 11) is 2.94. The molecule has 0 radical (unpaired) electrons. The summed E-state index contributed by atoms with van der Waals surface area (Å²) in [5.41, 5.74) is 1.24. The Labute approximate surface area is 421 Å². The van der Waals surface area contributed by atoms with Crippen LogP contribution in [0.3, 0.4) is 0 Å². The van der Waals surface area contributed by atoms with Crippen LogP contribution in [0.1, 0.15) is 126 Å². The second-order valence-corrected chi connectivity index (χ2v) is 21.3. The van der Waals surface area contributed by atoms with Gasteiger partial charge in [0.25, 0.3) is 11.7 Å². The molecule has 71 heavy (non-hydrogen) atoms. The lowest BCUT2D eigenvalue weighted by Crippen LogP contribution is -2.61. The third-order valence-electron chi connectivity index (χ3n) is 15.6. The number of aliphatic hydroxyl groups excluding tert-OH is 2. The van der Waals surface area contributed by atoms with Crippen LogP contribution in [0.2, 0.25) is 0 Å². The Morgan fingerprint density at radius 1 is 0.845 bits per heavy atom. The standard InChI is InChI=1S/C55H85NO15/c1-33-15-11-10-12-16-34(2)46(69-24-23-68-42-31-67-32-42)29-41-20-18-39(7)55(64,71-41)52(61)53(62)56-22-14-13-17-43(56)54(63)70-47(36(4)27-40-19-21-44(57)48(28-40)65-8)30-45(58)35(3)26-38(6)50(60)51(66-9)49(59)37(5)25-33/h10-12,15-16,26,33,35-37,39-44,46-48,50-51,57,60,64H,13-14,17-25,27-32H2,1-9H3/t33-,35-,36-,37-,39-,40+,41+,43+,44-,46-,47+,48-,50-,51+,55-/m1/s1. The van der Waals surface area contributed by atoms with Crippen molar-refractivity contribution in [2.24, 2.45) is 35.5 Å². The minimum atomic E-state index is -2.47. The molecule has 4 fully saturated rings. The molecule has 0 aromatic carbocycles. The van der Waals surface area contributed by atoms with Crippen LogP contribution in [0, 0.1) is 35.5 Å². The van der Waals surface area contributed by atoms with Crippen molar-refractivity contribution in [3.05, 3.63) is 47.6 Å². The number of fused-ring (bicyclic) bond motifs is 3. The number of cyclic esters (lactones) is 1. The summed E-state index contributed by atoms with van der Waals surface area (Å²) >= 11 is 0. The summed E-state index contributed by atoms with van der Waals surface area (Å²) in [4.78, 5) is 72.5. The van der Waals surface area contributed by atoms with Crippen molar-refractivity contribution < 1.29 is 72.5 Å². The fourth-order valence-electron chi connectivity index (χ4n) is 10.7. The Bertz CT molecular complexity index is 1910. The number of nitrogens with zero attached hydrogens (tertiary/aromatic N) is 1. The first kappa shape index (κ1) is 58.4. The highest BCUT2D eigenvalue weighted by Gasteiger charge is 2.53. The number of rotatable bonds is 10. The molecule has 0 spiro atoms. The first-order chi connectivity index (χ1) is 33.8. The Morgan fingerprint density at radius 3 is 2.27 bits per heavy atom. The summed E-state index contributed by atoms with van der Waals surface area (Å²) in [6.07, 6.45) is 10.8. The molecule has 4 heterocycles. The van der Waals surface area contributed by atoms with Gasteiger partial charge in [-0.2, -0.15) is 0 Å². The Kier molecular flexibility index (Phi) is 22.8. The van der Waals surface area contributed by atoms with Gasteiger partial charge in [-0.05, 0) is 107 Å². The number of piperidine rings is 1. The van der Waals surface area contributed by atoms with Crippen LogP contribution in [0.15, 0.2) is 47.6 Å². The summed E-state index contributed by atoms with van der Waals surface area (Å²) in [6.45, 7) is 14.4. The number of allylic oxidation sites excluding steroid dienone is 6. The number of esters is 1. The predicted octanol–water partition coefficient (Wildman–Crippen LogP) is 5.97. The fourth-order valence-corrected chi connectivity index (χ4v) is 10.7. The van der Waals surface area contributed by atoms with E-state index in [1.165, 1.54) is 12.0 Å². The minimum absolute atomic E-state index is 0.00344. The van der Waals surface area contributed by atoms with Gasteiger partial charge in [0, 0.05) is 51.4 Å². The van der Waals surface area contributed by atoms with Gasteiger partial charge in [-0.3, -0.25) is 19.2 Å². The van der Waals surface area contributed by atoms with E-state index in [0.717, 1.165) is 5.57 Å². The molecule has 0 unspecified atom stereocenters. The lowest BCUT2D eigenvalue weighted by molar-refractivity contribution is -0.266. The summed E-state index contributed by atoms with van der Waals surface area (Å²) in [5.74, 6) is -8.15. The predicted molar refractivity (Wildman–Crippen MR) is 265 cm³/mol. The highest BCUT2D eigenvalue weighted by molar-refractivity contribution is 6.39. The minimum Gasteiger partial charge on any atom is -0.460 e. The van der Waals surface area contributed by atoms with Gasteiger partial charge in [0.2, 0.25) is 5.79 Å². The van der Waals surface area contributed by atoms with Gasteiger partial charge >= 0.3 is 5.97 Å². The van der Waals surface area contributed by atoms with Crippen LogP contribution in [0.25, 0.3) is 0 Å². The fraction of sp³-hybridized carbons (Fsp3) is 0.764. The number of Topliss-reactive ketones (excluding diaryl/α,β-unsaturated/α-hetero) is 3. The van der Waals surface area contributed by atoms with E-state index in [-0.39, 0.29) is 73.9 Å². The topological polar surface area (TPSA) is 214 Å². The zero-order valence-corrected chi connectivity index (χ0v) is 43.8. The van der Waals surface area contributed by atoms with Gasteiger partial charge in [-0.25, -0.2) is 4.79 Å². The number of methoxy groups -OCH3 is 2. The number of ether oxygens (including phenoxy) is 7. The van der Waals surface area contributed by atoms with Gasteiger partial charge in [-0.1, -0.05) is 71.1 Å². The number of carbonyl (C=O) groups excluding carboxylic acids is 5. The molecule has 1 amide bonds. The molecule has 1 aliphatic carbocycles. The molecule has 3 N–H and O–H groups in total. The second-order valence-electron chi connectivity index (χ2n) is 21.3. The Morgan fingerprint density at radius 2 is 1.58 bits per heavy atom. The molecule has 0 aromatic rings. The number of amides is 1. The number of carbonyl (C=O) groups is 5. The van der Waals surface area contributed by atoms with E-state index in [0.29, 0.717) is 83.2 Å². The van der Waals surface area contributed by atoms with E-state index >= 15 is 0 Å². The molecule has 400 valence electrons. The third kappa shape index (κ3) is 16.0. The van der Waals surface area contributed by atoms with Gasteiger partial charge in [0.05, 0.1) is 50.8 Å². The summed E-state index contributed by atoms with van der Waals surface area (Å²) in [5, 5.41) is 34.2. The lowest BCUT2D eigenvalue weighted by atomic mass is 9.78. The number of hydrogen-bond donors (Lipinski definition) is 3. The molecule has 1 saturated carbocycles. The van der Waals surface area contributed by atoms with Crippen molar-refractivity contribution in [2.45, 2.75) is 186 Å². The van der Waals surface area contributed by atoms with E-state index in [2.05, 4.69) is 0 Å². The van der Waals surface area contributed by atoms with Gasteiger partial charge in [0.15, 0.2) is 5.78 Å². The van der Waals surface area contributed by atoms with Crippen LogP contribution < -0.4 is 0 Å². The van der Waals surface area contributed by atoms with Crippen LogP contribution in [-0.2, 0) is 57.1 Å². The highest BCUT2D eigenvalue weighted by atomic mass is 16.6. The molecule has 16 heteroatoms. The second kappa shape index (κ2) is 27.7. The molecule has 15 atom stereocenters. The van der Waals surface area contributed by atoms with Gasteiger partial charge < -0.3 is 53.4 Å². The van der Waals surface area contributed by atoms with Crippen molar-refractivity contribution in [1.29, 1.82) is 0 Å². The molecule has 16 nitrogen and oxygen atoms in total. The monoisotopic (exact) mass is 1000 g/mol. The average molecular weight is 1000 g/mol. The van der Waals surface area contributed by atoms with Crippen LogP contribution in [0.4, 0.5) is 0 Å². The van der Waals surface area contributed by atoms with Crippen LogP contribution >= 0.6 is 0 Å². The zero-order valence-electron chi connectivity index (χ0n) is 43.8. The van der Waals surface area contributed by atoms with Crippen molar-refractivity contribution in [3.63, 3.8) is 0 Å². The number of ketones is 3. The molecule has 3 saturated heterocycles. The Balaban J connectivity index is 1.46. The highest BCUT2D eigenvalue weighted by Crippen LogP contribution is 2.38. The lowest BCUT2D eigenvalue weighted by Gasteiger charge is -2.43. The first-order valence-electron chi connectivity index (χ1n) is 26.2. The third-order valence-corrected chi connectivity index (χ3v) is 15.6. The van der Waals surface area contributed by atoms with Crippen molar-refractivity contribution in [3.8, 4) is 0 Å². The van der Waals surface area contributed by atoms with E-state index in [4.69, 9.17) is 33.2 Å². The van der Waals surface area contributed by atoms with Gasteiger partial charge in [0.1, 0.15) is 36.2 Å². The Hall–Kier alpha value is -3.45.